The molecule has 20 heavy (non-hydrogen) atoms. The van der Waals surface area contributed by atoms with Gasteiger partial charge in [0.25, 0.3) is 0 Å². The van der Waals surface area contributed by atoms with Crippen LogP contribution < -0.4 is 5.73 Å². The second-order valence-electron chi connectivity index (χ2n) is 4.94. The lowest BCUT2D eigenvalue weighted by Gasteiger charge is -2.12. The Balaban J connectivity index is 2.01. The fraction of sp³-hybridized carbons (Fsp3) is 0.250. The van der Waals surface area contributed by atoms with Crippen LogP contribution in [0, 0.1) is 0 Å². The van der Waals surface area contributed by atoms with Crippen molar-refractivity contribution >= 4 is 10.9 Å². The molecule has 0 saturated heterocycles. The van der Waals surface area contributed by atoms with Crippen LogP contribution in [-0.2, 0) is 6.54 Å². The average Bonchev–Trinajstić information content (AvgIpc) is 2.95. The normalized spacial score (nSPS) is 12.7. The lowest BCUT2D eigenvalue weighted by atomic mass is 9.99. The largest absolute Gasteiger partial charge is 0.320 e. The van der Waals surface area contributed by atoms with Gasteiger partial charge in [-0.15, -0.1) is 0 Å². The Bertz CT molecular complexity index is 712. The molecule has 2 heterocycles. The predicted octanol–water partition coefficient (Wildman–Crippen LogP) is 2.89. The maximum Gasteiger partial charge on any atom is 0.0753 e. The molecule has 1 unspecified atom stereocenters. The Kier molecular flexibility index (Phi) is 3.48. The van der Waals surface area contributed by atoms with Gasteiger partial charge in [-0.1, -0.05) is 31.2 Å². The van der Waals surface area contributed by atoms with Crippen LogP contribution in [0.25, 0.3) is 10.9 Å². The number of hydrogen-bond acceptors (Lipinski definition) is 3. The fourth-order valence-corrected chi connectivity index (χ4v) is 2.45. The van der Waals surface area contributed by atoms with Crippen LogP contribution in [0.4, 0.5) is 0 Å². The first-order valence-electron chi connectivity index (χ1n) is 6.91. The quantitative estimate of drug-likeness (QED) is 0.790. The van der Waals surface area contributed by atoms with Gasteiger partial charge in [-0.3, -0.25) is 9.67 Å². The highest BCUT2D eigenvalue weighted by atomic mass is 15.3. The van der Waals surface area contributed by atoms with Gasteiger partial charge in [-0.25, -0.2) is 0 Å². The molecule has 4 heteroatoms. The number of para-hydroxylation sites is 1. The first-order chi connectivity index (χ1) is 9.79. The van der Waals surface area contributed by atoms with Crippen molar-refractivity contribution in [1.82, 2.24) is 14.8 Å². The molecular formula is C16H18N4. The third-order valence-corrected chi connectivity index (χ3v) is 3.46. The third-order valence-electron chi connectivity index (χ3n) is 3.46. The standard InChI is InChI=1S/C16H18N4/c1-2-9-20-11-13(10-19-20)15(17)14-7-3-5-12-6-4-8-18-16(12)14/h3-8,10-11,15H,2,9,17H2,1H3. The molecule has 1 aromatic carbocycles. The van der Waals surface area contributed by atoms with Gasteiger partial charge in [0.15, 0.2) is 0 Å². The molecule has 0 aliphatic carbocycles. The summed E-state index contributed by atoms with van der Waals surface area (Å²) < 4.78 is 1.94. The topological polar surface area (TPSA) is 56.7 Å². The summed E-state index contributed by atoms with van der Waals surface area (Å²) in [6.45, 7) is 3.05. The molecule has 0 saturated carbocycles. The van der Waals surface area contributed by atoms with Gasteiger partial charge in [0.05, 0.1) is 17.8 Å². The van der Waals surface area contributed by atoms with E-state index in [-0.39, 0.29) is 6.04 Å². The zero-order valence-electron chi connectivity index (χ0n) is 11.5. The third kappa shape index (κ3) is 2.30. The van der Waals surface area contributed by atoms with Crippen molar-refractivity contribution in [3.05, 3.63) is 60.0 Å². The molecule has 3 aromatic rings. The van der Waals surface area contributed by atoms with E-state index in [0.29, 0.717) is 0 Å². The number of pyridine rings is 1. The maximum absolute atomic E-state index is 6.40. The van der Waals surface area contributed by atoms with E-state index in [1.54, 1.807) is 6.20 Å². The van der Waals surface area contributed by atoms with Crippen molar-refractivity contribution in [2.75, 3.05) is 0 Å². The predicted molar refractivity (Wildman–Crippen MR) is 80.3 cm³/mol. The number of benzene rings is 1. The zero-order valence-corrected chi connectivity index (χ0v) is 11.5. The van der Waals surface area contributed by atoms with E-state index < -0.39 is 0 Å². The molecular weight excluding hydrogens is 248 g/mol. The minimum Gasteiger partial charge on any atom is -0.320 e. The van der Waals surface area contributed by atoms with Gasteiger partial charge in [0.1, 0.15) is 0 Å². The van der Waals surface area contributed by atoms with E-state index in [2.05, 4.69) is 29.1 Å². The van der Waals surface area contributed by atoms with Crippen molar-refractivity contribution in [3.63, 3.8) is 0 Å². The number of fused-ring (bicyclic) bond motifs is 1. The van der Waals surface area contributed by atoms with Gasteiger partial charge < -0.3 is 5.73 Å². The Labute approximate surface area is 118 Å². The summed E-state index contributed by atoms with van der Waals surface area (Å²) in [4.78, 5) is 4.46. The molecule has 4 nitrogen and oxygen atoms in total. The van der Waals surface area contributed by atoms with E-state index in [1.165, 1.54) is 0 Å². The number of aromatic nitrogens is 3. The van der Waals surface area contributed by atoms with Crippen LogP contribution in [0.3, 0.4) is 0 Å². The van der Waals surface area contributed by atoms with Crippen molar-refractivity contribution < 1.29 is 0 Å². The highest BCUT2D eigenvalue weighted by Crippen LogP contribution is 2.25. The second-order valence-corrected chi connectivity index (χ2v) is 4.94. The minimum absolute atomic E-state index is 0.195. The lowest BCUT2D eigenvalue weighted by molar-refractivity contribution is 0.602. The molecule has 102 valence electrons. The summed E-state index contributed by atoms with van der Waals surface area (Å²) >= 11 is 0. The SMILES string of the molecule is CCCn1cc(C(N)c2cccc3cccnc23)cn1. The van der Waals surface area contributed by atoms with Crippen LogP contribution in [0.5, 0.6) is 0 Å². The molecule has 2 N–H and O–H groups in total. The molecule has 0 fully saturated rings. The Morgan fingerprint density at radius 1 is 1.25 bits per heavy atom. The number of hydrogen-bond donors (Lipinski definition) is 1. The van der Waals surface area contributed by atoms with Crippen molar-refractivity contribution in [1.29, 1.82) is 0 Å². The highest BCUT2D eigenvalue weighted by Gasteiger charge is 2.14. The van der Waals surface area contributed by atoms with Crippen LogP contribution in [0.1, 0.15) is 30.5 Å². The fourth-order valence-electron chi connectivity index (χ4n) is 2.45. The molecule has 2 aromatic heterocycles. The van der Waals surface area contributed by atoms with Gasteiger partial charge in [-0.05, 0) is 18.1 Å². The Hall–Kier alpha value is -2.20. The number of rotatable bonds is 4. The lowest BCUT2D eigenvalue weighted by Crippen LogP contribution is -2.12. The number of nitrogens with two attached hydrogens (primary N) is 1. The van der Waals surface area contributed by atoms with E-state index in [1.807, 2.05) is 35.3 Å². The molecule has 0 amide bonds. The number of nitrogens with zero attached hydrogens (tertiary/aromatic N) is 3. The van der Waals surface area contributed by atoms with Crippen molar-refractivity contribution in [2.45, 2.75) is 25.9 Å². The summed E-state index contributed by atoms with van der Waals surface area (Å²) in [5, 5.41) is 5.46. The van der Waals surface area contributed by atoms with Gasteiger partial charge in [0, 0.05) is 29.9 Å². The Morgan fingerprint density at radius 2 is 2.10 bits per heavy atom. The van der Waals surface area contributed by atoms with Crippen LogP contribution >= 0.6 is 0 Å². The highest BCUT2D eigenvalue weighted by molar-refractivity contribution is 5.82. The smallest absolute Gasteiger partial charge is 0.0753 e. The first kappa shape index (κ1) is 12.8. The van der Waals surface area contributed by atoms with Crippen molar-refractivity contribution in [3.8, 4) is 0 Å². The minimum atomic E-state index is -0.195. The van der Waals surface area contributed by atoms with Gasteiger partial charge in [-0.2, -0.15) is 5.10 Å². The monoisotopic (exact) mass is 266 g/mol. The van der Waals surface area contributed by atoms with Crippen LogP contribution in [0.15, 0.2) is 48.9 Å². The van der Waals surface area contributed by atoms with Gasteiger partial charge >= 0.3 is 0 Å². The average molecular weight is 266 g/mol. The van der Waals surface area contributed by atoms with E-state index >= 15 is 0 Å². The summed E-state index contributed by atoms with van der Waals surface area (Å²) in [5.41, 5.74) is 9.43. The zero-order chi connectivity index (χ0) is 13.9. The summed E-state index contributed by atoms with van der Waals surface area (Å²) in [5.74, 6) is 0. The molecule has 0 aliphatic rings. The van der Waals surface area contributed by atoms with Crippen LogP contribution in [-0.4, -0.2) is 14.8 Å². The van der Waals surface area contributed by atoms with Gasteiger partial charge in [0.2, 0.25) is 0 Å². The Morgan fingerprint density at radius 3 is 2.95 bits per heavy atom. The first-order valence-corrected chi connectivity index (χ1v) is 6.91. The summed E-state index contributed by atoms with van der Waals surface area (Å²) in [6.07, 6.45) is 6.74. The van der Waals surface area contributed by atoms with E-state index in [0.717, 1.165) is 35.0 Å². The molecule has 1 atom stereocenters. The molecule has 0 radical (unpaired) electrons. The van der Waals surface area contributed by atoms with Crippen LogP contribution in [0.2, 0.25) is 0 Å². The molecule has 3 rings (SSSR count). The summed E-state index contributed by atoms with van der Waals surface area (Å²) in [7, 11) is 0. The van der Waals surface area contributed by atoms with E-state index in [9.17, 15) is 0 Å². The molecule has 0 aliphatic heterocycles. The van der Waals surface area contributed by atoms with E-state index in [4.69, 9.17) is 5.73 Å². The summed E-state index contributed by atoms with van der Waals surface area (Å²) in [6, 6.07) is 9.92. The molecule has 0 spiro atoms. The maximum atomic E-state index is 6.40. The van der Waals surface area contributed by atoms with Crippen molar-refractivity contribution in [2.24, 2.45) is 5.73 Å². The molecule has 0 bridgehead atoms. The number of aryl methyl sites for hydroxylation is 1. The second kappa shape index (κ2) is 5.43.